The molecule has 1 unspecified atom stereocenters. The highest BCUT2D eigenvalue weighted by atomic mass is 16.5. The van der Waals surface area contributed by atoms with E-state index >= 15 is 0 Å². The maximum Gasteiger partial charge on any atom is 0.227 e. The van der Waals surface area contributed by atoms with Gasteiger partial charge in [0, 0.05) is 6.42 Å². The zero-order valence-electron chi connectivity index (χ0n) is 11.2. The molecule has 4 nitrogen and oxygen atoms in total. The van der Waals surface area contributed by atoms with Crippen molar-refractivity contribution in [3.05, 3.63) is 11.7 Å². The van der Waals surface area contributed by atoms with E-state index < -0.39 is 0 Å². The van der Waals surface area contributed by atoms with Crippen molar-refractivity contribution in [2.24, 2.45) is 16.6 Å². The van der Waals surface area contributed by atoms with Gasteiger partial charge in [-0.15, -0.1) is 0 Å². The van der Waals surface area contributed by atoms with Gasteiger partial charge < -0.3 is 10.3 Å². The molecular formula is C12H23N3O. The van der Waals surface area contributed by atoms with Crippen LogP contribution in [0.3, 0.4) is 0 Å². The smallest absolute Gasteiger partial charge is 0.227 e. The Bertz CT molecular complexity index is 344. The van der Waals surface area contributed by atoms with Gasteiger partial charge >= 0.3 is 0 Å². The number of hydrogen-bond donors (Lipinski definition) is 1. The zero-order chi connectivity index (χ0) is 12.6. The Hall–Kier alpha value is -0.900. The fourth-order valence-electron chi connectivity index (χ4n) is 1.31. The molecule has 0 fully saturated rings. The highest BCUT2D eigenvalue weighted by Crippen LogP contribution is 2.29. The van der Waals surface area contributed by atoms with E-state index in [1.54, 1.807) is 0 Å². The Kier molecular flexibility index (Phi) is 3.43. The Balaban J connectivity index is 2.80. The van der Waals surface area contributed by atoms with Crippen LogP contribution in [-0.2, 0) is 6.42 Å². The van der Waals surface area contributed by atoms with Crippen LogP contribution < -0.4 is 5.73 Å². The zero-order valence-corrected chi connectivity index (χ0v) is 11.2. The number of aromatic nitrogens is 2. The van der Waals surface area contributed by atoms with Crippen molar-refractivity contribution in [3.8, 4) is 0 Å². The van der Waals surface area contributed by atoms with Crippen LogP contribution in [0, 0.1) is 10.8 Å². The average molecular weight is 225 g/mol. The maximum atomic E-state index is 6.06. The van der Waals surface area contributed by atoms with Crippen LogP contribution in [-0.4, -0.2) is 10.1 Å². The Morgan fingerprint density at radius 3 is 2.19 bits per heavy atom. The molecule has 0 aromatic carbocycles. The molecule has 0 spiro atoms. The topological polar surface area (TPSA) is 64.9 Å². The fourth-order valence-corrected chi connectivity index (χ4v) is 1.31. The highest BCUT2D eigenvalue weighted by molar-refractivity contribution is 4.98. The number of nitrogens with two attached hydrogens (primary N) is 1. The predicted molar refractivity (Wildman–Crippen MR) is 63.8 cm³/mol. The molecule has 92 valence electrons. The molecule has 0 saturated heterocycles. The summed E-state index contributed by atoms with van der Waals surface area (Å²) in [6.07, 6.45) is 0.775. The summed E-state index contributed by atoms with van der Waals surface area (Å²) in [4.78, 5) is 4.36. The van der Waals surface area contributed by atoms with E-state index in [1.807, 2.05) is 0 Å². The quantitative estimate of drug-likeness (QED) is 0.840. The minimum atomic E-state index is -0.190. The van der Waals surface area contributed by atoms with Gasteiger partial charge in [0.1, 0.15) is 0 Å². The van der Waals surface area contributed by atoms with E-state index in [1.165, 1.54) is 0 Å². The second kappa shape index (κ2) is 4.17. The van der Waals surface area contributed by atoms with Crippen LogP contribution in [0.2, 0.25) is 0 Å². The van der Waals surface area contributed by atoms with Crippen LogP contribution >= 0.6 is 0 Å². The average Bonchev–Trinajstić information content (AvgIpc) is 2.46. The van der Waals surface area contributed by atoms with Crippen molar-refractivity contribution in [2.75, 3.05) is 0 Å². The molecule has 0 amide bonds. The lowest BCUT2D eigenvalue weighted by Gasteiger charge is -2.23. The lowest BCUT2D eigenvalue weighted by molar-refractivity contribution is 0.291. The molecule has 0 bridgehead atoms. The Morgan fingerprint density at radius 2 is 1.75 bits per heavy atom. The van der Waals surface area contributed by atoms with E-state index in [4.69, 9.17) is 10.3 Å². The molecule has 1 aromatic heterocycles. The molecule has 0 saturated carbocycles. The standard InChI is InChI=1S/C12H23N3O/c1-11(2,3)7-8-14-10(15-16-8)9(13)12(4,5)6/h9H,7,13H2,1-6H3. The van der Waals surface area contributed by atoms with Gasteiger partial charge in [0.2, 0.25) is 5.89 Å². The Labute approximate surface area is 97.6 Å². The molecule has 1 heterocycles. The normalized spacial score (nSPS) is 15.2. The van der Waals surface area contributed by atoms with Crippen LogP contribution in [0.4, 0.5) is 0 Å². The lowest BCUT2D eigenvalue weighted by atomic mass is 9.87. The monoisotopic (exact) mass is 225 g/mol. The number of hydrogen-bond acceptors (Lipinski definition) is 4. The van der Waals surface area contributed by atoms with Crippen molar-refractivity contribution in [2.45, 2.75) is 54.0 Å². The van der Waals surface area contributed by atoms with Gasteiger partial charge in [0.15, 0.2) is 5.82 Å². The summed E-state index contributed by atoms with van der Waals surface area (Å²) in [7, 11) is 0. The summed E-state index contributed by atoms with van der Waals surface area (Å²) < 4.78 is 5.22. The van der Waals surface area contributed by atoms with Crippen LogP contribution in [0.5, 0.6) is 0 Å². The third-order valence-electron chi connectivity index (χ3n) is 2.38. The number of rotatable bonds is 2. The van der Waals surface area contributed by atoms with Gasteiger partial charge in [-0.05, 0) is 10.8 Å². The predicted octanol–water partition coefficient (Wildman–Crippen LogP) is 2.70. The first-order valence-electron chi connectivity index (χ1n) is 5.68. The minimum absolute atomic E-state index is 0.0527. The number of nitrogens with zero attached hydrogens (tertiary/aromatic N) is 2. The van der Waals surface area contributed by atoms with Crippen LogP contribution in [0.25, 0.3) is 0 Å². The molecule has 0 radical (unpaired) electrons. The molecule has 0 aliphatic heterocycles. The molecule has 0 aliphatic rings. The molecule has 1 rings (SSSR count). The third kappa shape index (κ3) is 3.59. The molecule has 0 aliphatic carbocycles. The lowest BCUT2D eigenvalue weighted by Crippen LogP contribution is -2.27. The van der Waals surface area contributed by atoms with Crippen LogP contribution in [0.1, 0.15) is 59.3 Å². The van der Waals surface area contributed by atoms with Crippen molar-refractivity contribution in [3.63, 3.8) is 0 Å². The molecule has 1 atom stereocenters. The molecule has 16 heavy (non-hydrogen) atoms. The van der Waals surface area contributed by atoms with Crippen LogP contribution in [0.15, 0.2) is 4.52 Å². The summed E-state index contributed by atoms with van der Waals surface area (Å²) in [5.74, 6) is 1.27. The second-order valence-corrected chi connectivity index (χ2v) is 6.63. The minimum Gasteiger partial charge on any atom is -0.339 e. The SMILES string of the molecule is CC(C)(C)Cc1nc(C(N)C(C)(C)C)no1. The van der Waals surface area contributed by atoms with E-state index in [-0.39, 0.29) is 16.9 Å². The van der Waals surface area contributed by atoms with Gasteiger partial charge in [-0.25, -0.2) is 0 Å². The van der Waals surface area contributed by atoms with Crippen molar-refractivity contribution in [1.82, 2.24) is 10.1 Å². The summed E-state index contributed by atoms with van der Waals surface area (Å²) in [6.45, 7) is 12.6. The van der Waals surface area contributed by atoms with Crippen molar-refractivity contribution >= 4 is 0 Å². The molecule has 1 aromatic rings. The first-order valence-corrected chi connectivity index (χ1v) is 5.68. The van der Waals surface area contributed by atoms with Gasteiger partial charge in [-0.1, -0.05) is 46.7 Å². The van der Waals surface area contributed by atoms with Crippen molar-refractivity contribution in [1.29, 1.82) is 0 Å². The fraction of sp³-hybridized carbons (Fsp3) is 0.833. The molecular weight excluding hydrogens is 202 g/mol. The second-order valence-electron chi connectivity index (χ2n) is 6.63. The summed E-state index contributed by atoms with van der Waals surface area (Å²) in [5, 5.41) is 3.96. The van der Waals surface area contributed by atoms with E-state index in [9.17, 15) is 0 Å². The van der Waals surface area contributed by atoms with E-state index in [0.717, 1.165) is 6.42 Å². The Morgan fingerprint density at radius 1 is 1.19 bits per heavy atom. The summed E-state index contributed by atoms with van der Waals surface area (Å²) in [6, 6.07) is -0.190. The maximum absolute atomic E-state index is 6.06. The van der Waals surface area contributed by atoms with Gasteiger partial charge in [-0.2, -0.15) is 4.98 Å². The third-order valence-corrected chi connectivity index (χ3v) is 2.38. The van der Waals surface area contributed by atoms with Gasteiger partial charge in [-0.3, -0.25) is 0 Å². The molecule has 4 heteroatoms. The largest absolute Gasteiger partial charge is 0.339 e. The van der Waals surface area contributed by atoms with Gasteiger partial charge in [0.25, 0.3) is 0 Å². The first kappa shape index (κ1) is 13.2. The van der Waals surface area contributed by atoms with Gasteiger partial charge in [0.05, 0.1) is 6.04 Å². The first-order chi connectivity index (χ1) is 7.09. The summed E-state index contributed by atoms with van der Waals surface area (Å²) in [5.41, 5.74) is 6.16. The molecule has 2 N–H and O–H groups in total. The van der Waals surface area contributed by atoms with E-state index in [2.05, 4.69) is 51.7 Å². The van der Waals surface area contributed by atoms with E-state index in [0.29, 0.717) is 11.7 Å². The van der Waals surface area contributed by atoms with Crippen molar-refractivity contribution < 1.29 is 4.52 Å². The summed E-state index contributed by atoms with van der Waals surface area (Å²) >= 11 is 0. The highest BCUT2D eigenvalue weighted by Gasteiger charge is 2.27.